The molecule has 3 N–H and O–H groups in total. The second kappa shape index (κ2) is 12.0. The zero-order valence-corrected chi connectivity index (χ0v) is 19.8. The zero-order valence-electron chi connectivity index (χ0n) is 19.8. The molecule has 0 radical (unpaired) electrons. The molecule has 33 heavy (non-hydrogen) atoms. The Hall–Kier alpha value is -2.65. The van der Waals surface area contributed by atoms with E-state index in [0.717, 1.165) is 55.9 Å². The smallest absolute Gasteiger partial charge is 0.324 e. The van der Waals surface area contributed by atoms with Gasteiger partial charge in [-0.15, -0.1) is 0 Å². The summed E-state index contributed by atoms with van der Waals surface area (Å²) in [5.41, 5.74) is 1.33. The molecule has 1 aromatic carbocycles. The molecule has 3 rings (SSSR count). The van der Waals surface area contributed by atoms with E-state index in [0.29, 0.717) is 24.1 Å². The summed E-state index contributed by atoms with van der Waals surface area (Å²) in [5.74, 6) is 2.15. The van der Waals surface area contributed by atoms with E-state index in [9.17, 15) is 9.90 Å². The molecule has 2 heterocycles. The number of hydrogen-bond donors (Lipinski definition) is 3. The van der Waals surface area contributed by atoms with E-state index in [4.69, 9.17) is 14.4 Å². The molecule has 0 bridgehead atoms. The van der Waals surface area contributed by atoms with E-state index in [-0.39, 0.29) is 25.0 Å². The lowest BCUT2D eigenvalue weighted by molar-refractivity contribution is 0.0801. The normalized spacial score (nSPS) is 15.6. The summed E-state index contributed by atoms with van der Waals surface area (Å²) in [6, 6.07) is 6.01. The van der Waals surface area contributed by atoms with Crippen molar-refractivity contribution in [1.29, 1.82) is 0 Å². The van der Waals surface area contributed by atoms with Gasteiger partial charge >= 0.3 is 6.01 Å². The first-order valence-corrected chi connectivity index (χ1v) is 11.8. The SMILES string of the molecule is Cc1cc(OCCCC2CCN(c3nc(C(C)C)no3)CC2)ccc1C(=O)NC[C@H](O)CO. The summed E-state index contributed by atoms with van der Waals surface area (Å²) in [6.07, 6.45) is 3.34. The third-order valence-corrected chi connectivity index (χ3v) is 6.01. The number of carbonyl (C=O) groups excluding carboxylic acids is 1. The molecule has 1 amide bonds. The fourth-order valence-corrected chi connectivity index (χ4v) is 3.92. The maximum atomic E-state index is 12.2. The lowest BCUT2D eigenvalue weighted by atomic mass is 9.92. The summed E-state index contributed by atoms with van der Waals surface area (Å²) in [7, 11) is 0. The number of aryl methyl sites for hydroxylation is 1. The Morgan fingerprint density at radius 3 is 2.73 bits per heavy atom. The number of amides is 1. The lowest BCUT2D eigenvalue weighted by Crippen LogP contribution is -2.34. The first-order chi connectivity index (χ1) is 15.9. The van der Waals surface area contributed by atoms with Gasteiger partial charge in [-0.05, 0) is 62.3 Å². The van der Waals surface area contributed by atoms with E-state index >= 15 is 0 Å². The van der Waals surface area contributed by atoms with Gasteiger partial charge in [0.15, 0.2) is 5.82 Å². The van der Waals surface area contributed by atoms with Gasteiger partial charge in [0.2, 0.25) is 0 Å². The molecule has 1 aliphatic heterocycles. The van der Waals surface area contributed by atoms with Crippen LogP contribution < -0.4 is 15.0 Å². The molecule has 1 saturated heterocycles. The third-order valence-electron chi connectivity index (χ3n) is 6.01. The minimum absolute atomic E-state index is 0.0137. The number of benzene rings is 1. The van der Waals surface area contributed by atoms with Crippen molar-refractivity contribution in [2.24, 2.45) is 5.92 Å². The fraction of sp³-hybridized carbons (Fsp3) is 0.625. The van der Waals surface area contributed by atoms with Gasteiger partial charge in [0.05, 0.1) is 19.3 Å². The highest BCUT2D eigenvalue weighted by atomic mass is 16.5. The largest absolute Gasteiger partial charge is 0.494 e. The van der Waals surface area contributed by atoms with Gasteiger partial charge in [0.25, 0.3) is 5.91 Å². The number of piperidine rings is 1. The molecule has 1 atom stereocenters. The maximum Gasteiger partial charge on any atom is 0.324 e. The van der Waals surface area contributed by atoms with Gasteiger partial charge in [-0.2, -0.15) is 4.98 Å². The van der Waals surface area contributed by atoms with Gasteiger partial charge in [-0.25, -0.2) is 0 Å². The number of nitrogens with zero attached hydrogens (tertiary/aromatic N) is 3. The summed E-state index contributed by atoms with van der Waals surface area (Å²) in [4.78, 5) is 18.9. The maximum absolute atomic E-state index is 12.2. The molecule has 0 unspecified atom stereocenters. The van der Waals surface area contributed by atoms with Crippen LogP contribution in [0.3, 0.4) is 0 Å². The van der Waals surface area contributed by atoms with Crippen molar-refractivity contribution in [1.82, 2.24) is 15.5 Å². The zero-order chi connectivity index (χ0) is 23.8. The van der Waals surface area contributed by atoms with Crippen LogP contribution in [-0.4, -0.2) is 65.2 Å². The van der Waals surface area contributed by atoms with Crippen molar-refractivity contribution in [3.05, 3.63) is 35.2 Å². The molecule has 9 nitrogen and oxygen atoms in total. The van der Waals surface area contributed by atoms with Crippen LogP contribution in [-0.2, 0) is 0 Å². The van der Waals surface area contributed by atoms with Crippen LogP contribution in [0.5, 0.6) is 5.75 Å². The number of anilines is 1. The number of aliphatic hydroxyl groups excluding tert-OH is 2. The van der Waals surface area contributed by atoms with Crippen molar-refractivity contribution in [2.45, 2.75) is 58.5 Å². The van der Waals surface area contributed by atoms with E-state index in [1.165, 1.54) is 0 Å². The van der Waals surface area contributed by atoms with Gasteiger partial charge < -0.3 is 29.7 Å². The summed E-state index contributed by atoms with van der Waals surface area (Å²) < 4.78 is 11.3. The quantitative estimate of drug-likeness (QED) is 0.438. The Kier molecular flexibility index (Phi) is 9.08. The number of rotatable bonds is 11. The number of ether oxygens (including phenoxy) is 1. The fourth-order valence-electron chi connectivity index (χ4n) is 3.92. The van der Waals surface area contributed by atoms with Gasteiger partial charge in [0, 0.05) is 31.1 Å². The second-order valence-corrected chi connectivity index (χ2v) is 9.03. The van der Waals surface area contributed by atoms with E-state index in [1.54, 1.807) is 12.1 Å². The molecule has 1 aliphatic rings. The van der Waals surface area contributed by atoms with Crippen molar-refractivity contribution >= 4 is 11.9 Å². The van der Waals surface area contributed by atoms with Crippen molar-refractivity contribution in [3.8, 4) is 5.75 Å². The number of nitrogens with one attached hydrogen (secondary N) is 1. The number of aliphatic hydroxyl groups is 2. The molecular weight excluding hydrogens is 424 g/mol. The summed E-state index contributed by atoms with van der Waals surface area (Å²) in [6.45, 7) is 8.10. The molecule has 1 fully saturated rings. The van der Waals surface area contributed by atoms with Crippen molar-refractivity contribution in [3.63, 3.8) is 0 Å². The van der Waals surface area contributed by atoms with Gasteiger partial charge in [-0.1, -0.05) is 19.0 Å². The van der Waals surface area contributed by atoms with E-state index in [1.807, 2.05) is 13.0 Å². The molecule has 0 spiro atoms. The Balaban J connectivity index is 1.36. The lowest BCUT2D eigenvalue weighted by Gasteiger charge is -2.30. The first-order valence-electron chi connectivity index (χ1n) is 11.8. The van der Waals surface area contributed by atoms with Crippen LogP contribution in [0.1, 0.15) is 67.2 Å². The average Bonchev–Trinajstić information content (AvgIpc) is 3.31. The number of aromatic nitrogens is 2. The highest BCUT2D eigenvalue weighted by Crippen LogP contribution is 2.26. The van der Waals surface area contributed by atoms with Crippen LogP contribution in [0.25, 0.3) is 0 Å². The number of hydrogen-bond acceptors (Lipinski definition) is 8. The Morgan fingerprint density at radius 1 is 1.33 bits per heavy atom. The van der Waals surface area contributed by atoms with Gasteiger partial charge in [0.1, 0.15) is 5.75 Å². The van der Waals surface area contributed by atoms with Crippen molar-refractivity contribution in [2.75, 3.05) is 37.7 Å². The Bertz CT molecular complexity index is 893. The van der Waals surface area contributed by atoms with E-state index < -0.39 is 6.10 Å². The minimum Gasteiger partial charge on any atom is -0.494 e. The molecular formula is C24H36N4O5. The van der Waals surface area contributed by atoms with Crippen molar-refractivity contribution < 1.29 is 24.3 Å². The van der Waals surface area contributed by atoms with Gasteiger partial charge in [-0.3, -0.25) is 4.79 Å². The minimum atomic E-state index is -0.958. The molecule has 0 saturated carbocycles. The highest BCUT2D eigenvalue weighted by molar-refractivity contribution is 5.95. The summed E-state index contributed by atoms with van der Waals surface area (Å²) >= 11 is 0. The Labute approximate surface area is 195 Å². The standard InChI is InChI=1S/C24H36N4O5/c1-16(2)22-26-24(33-27-22)28-10-8-18(9-11-28)5-4-12-32-20-6-7-21(17(3)13-20)23(31)25-14-19(30)15-29/h6-7,13,16,18-19,29-30H,4-5,8-12,14-15H2,1-3H3,(H,25,31)/t19-/m0/s1. The second-order valence-electron chi connectivity index (χ2n) is 9.03. The summed E-state index contributed by atoms with van der Waals surface area (Å²) in [5, 5.41) is 24.9. The van der Waals surface area contributed by atoms with Crippen LogP contribution in [0.4, 0.5) is 6.01 Å². The van der Waals surface area contributed by atoms with Crippen LogP contribution in [0.2, 0.25) is 0 Å². The van der Waals surface area contributed by atoms with Crippen LogP contribution in [0.15, 0.2) is 22.7 Å². The van der Waals surface area contributed by atoms with Crippen LogP contribution >= 0.6 is 0 Å². The molecule has 1 aromatic heterocycles. The van der Waals surface area contributed by atoms with E-state index in [2.05, 4.69) is 34.2 Å². The average molecular weight is 461 g/mol. The molecule has 0 aliphatic carbocycles. The van der Waals surface area contributed by atoms with Crippen LogP contribution in [0, 0.1) is 12.8 Å². The molecule has 9 heteroatoms. The first kappa shape index (κ1) is 25.0. The topological polar surface area (TPSA) is 121 Å². The monoisotopic (exact) mass is 460 g/mol. The predicted molar refractivity (Wildman–Crippen MR) is 125 cm³/mol. The number of carbonyl (C=O) groups is 1. The molecule has 2 aromatic rings. The highest BCUT2D eigenvalue weighted by Gasteiger charge is 2.23. The predicted octanol–water partition coefficient (Wildman–Crippen LogP) is 2.66. The third kappa shape index (κ3) is 7.17. The Morgan fingerprint density at radius 2 is 2.09 bits per heavy atom. The molecule has 182 valence electrons.